The summed E-state index contributed by atoms with van der Waals surface area (Å²) in [6.45, 7) is 3.69. The minimum absolute atomic E-state index is 0. The molecule has 0 aromatic rings. The zero-order valence-electron chi connectivity index (χ0n) is 8.16. The molecule has 0 fully saturated rings. The Bertz CT molecular complexity index is 185. The maximum Gasteiger partial charge on any atom is 1.00 e. The third-order valence-electron chi connectivity index (χ3n) is 1.31. The number of rotatable bonds is 4. The predicted octanol–water partition coefficient (Wildman–Crippen LogP) is -4.18. The summed E-state index contributed by atoms with van der Waals surface area (Å²) in [7, 11) is 0. The van der Waals surface area contributed by atoms with Crippen LogP contribution in [0.5, 0.6) is 0 Å². The number of carboxylic acid groups (broad SMARTS) is 1. The van der Waals surface area contributed by atoms with Crippen LogP contribution in [0.2, 0.25) is 0 Å². The number of hydrogen-bond donors (Lipinski definition) is 2. The number of carbonyl (C=O) groups excluding carboxylic acids is 2. The number of urea groups is 1. The van der Waals surface area contributed by atoms with Gasteiger partial charge in [-0.2, -0.15) is 0 Å². The topological polar surface area (TPSA) is 95.2 Å². The zero-order chi connectivity index (χ0) is 9.72. The van der Waals surface area contributed by atoms with Crippen LogP contribution < -0.4 is 35.0 Å². The average Bonchev–Trinajstić information content (AvgIpc) is 1.83. The van der Waals surface area contributed by atoms with Crippen molar-refractivity contribution in [2.75, 3.05) is 0 Å². The molecule has 0 saturated carbocycles. The first-order chi connectivity index (χ1) is 5.43. The predicted molar refractivity (Wildman–Crippen MR) is 41.0 cm³/mol. The van der Waals surface area contributed by atoms with Crippen LogP contribution in [0.3, 0.4) is 0 Å². The van der Waals surface area contributed by atoms with Gasteiger partial charge in [0.1, 0.15) is 0 Å². The molecule has 70 valence electrons. The number of nitrogens with one attached hydrogen (secondary N) is 1. The summed E-state index contributed by atoms with van der Waals surface area (Å²) >= 11 is 0. The van der Waals surface area contributed by atoms with Crippen LogP contribution in [-0.4, -0.2) is 18.0 Å². The molecule has 0 heterocycles. The first kappa shape index (κ1) is 14.8. The van der Waals surface area contributed by atoms with Crippen molar-refractivity contribution >= 4 is 12.0 Å². The summed E-state index contributed by atoms with van der Waals surface area (Å²) < 4.78 is 0. The van der Waals surface area contributed by atoms with Crippen LogP contribution in [0, 0.1) is 5.92 Å². The molecule has 6 heteroatoms. The Morgan fingerprint density at radius 3 is 2.15 bits per heavy atom. The van der Waals surface area contributed by atoms with Gasteiger partial charge in [0, 0.05) is 0 Å². The second kappa shape index (κ2) is 6.81. The molecule has 0 saturated heterocycles. The zero-order valence-corrected chi connectivity index (χ0v) is 8.16. The van der Waals surface area contributed by atoms with E-state index < -0.39 is 18.0 Å². The van der Waals surface area contributed by atoms with E-state index in [9.17, 15) is 14.7 Å². The van der Waals surface area contributed by atoms with Gasteiger partial charge in [-0.15, -0.1) is 0 Å². The van der Waals surface area contributed by atoms with E-state index in [1.165, 1.54) is 0 Å². The molecule has 0 aromatic heterocycles. The van der Waals surface area contributed by atoms with Crippen molar-refractivity contribution in [3.63, 3.8) is 0 Å². The van der Waals surface area contributed by atoms with Crippen molar-refractivity contribution in [2.45, 2.75) is 26.3 Å². The van der Waals surface area contributed by atoms with Crippen molar-refractivity contribution in [1.29, 1.82) is 0 Å². The molecule has 0 rings (SSSR count). The standard InChI is InChI=1S/C7H14N2O3.Li/c1-4(2)3-5(6(10)11)9-7(8)12;/h4-5H,3H2,1-2H3,(H,10,11)(H3,8,9,12);/q;+1/p-1/t5-;/m0./s1. The van der Waals surface area contributed by atoms with E-state index in [4.69, 9.17) is 5.73 Å². The van der Waals surface area contributed by atoms with Gasteiger partial charge in [0.15, 0.2) is 0 Å². The Hall–Kier alpha value is -0.663. The summed E-state index contributed by atoms with van der Waals surface area (Å²) in [4.78, 5) is 20.7. The Kier molecular flexibility index (Phi) is 7.77. The summed E-state index contributed by atoms with van der Waals surface area (Å²) in [5.74, 6) is -1.14. The largest absolute Gasteiger partial charge is 1.00 e. The molecule has 2 amide bonds. The van der Waals surface area contributed by atoms with Crippen LogP contribution in [0.15, 0.2) is 0 Å². The van der Waals surface area contributed by atoms with Gasteiger partial charge >= 0.3 is 24.9 Å². The molecular weight excluding hydrogens is 167 g/mol. The minimum atomic E-state index is -1.30. The van der Waals surface area contributed by atoms with Crippen LogP contribution >= 0.6 is 0 Å². The van der Waals surface area contributed by atoms with Crippen LogP contribution in [0.1, 0.15) is 20.3 Å². The quantitative estimate of drug-likeness (QED) is 0.429. The van der Waals surface area contributed by atoms with Gasteiger partial charge in [0.25, 0.3) is 0 Å². The Morgan fingerprint density at radius 1 is 1.46 bits per heavy atom. The van der Waals surface area contributed by atoms with Gasteiger partial charge in [0.05, 0.1) is 12.0 Å². The number of carbonyl (C=O) groups is 2. The smallest absolute Gasteiger partial charge is 0.548 e. The Balaban J connectivity index is 0. The first-order valence-corrected chi connectivity index (χ1v) is 3.70. The molecular formula is C7H13LiN2O3. The molecule has 0 spiro atoms. The maximum atomic E-state index is 10.4. The molecule has 0 unspecified atom stereocenters. The van der Waals surface area contributed by atoms with Crippen molar-refractivity contribution in [3.05, 3.63) is 0 Å². The van der Waals surface area contributed by atoms with Crippen LogP contribution in [0.25, 0.3) is 0 Å². The second-order valence-corrected chi connectivity index (χ2v) is 3.01. The number of primary amides is 1. The van der Waals surface area contributed by atoms with Crippen molar-refractivity contribution < 1.29 is 33.6 Å². The molecule has 0 aliphatic heterocycles. The summed E-state index contributed by atoms with van der Waals surface area (Å²) in [5, 5.41) is 12.5. The molecule has 0 aliphatic carbocycles. The minimum Gasteiger partial charge on any atom is -0.548 e. The summed E-state index contributed by atoms with van der Waals surface area (Å²) in [5.41, 5.74) is 4.77. The fraction of sp³-hybridized carbons (Fsp3) is 0.714. The Labute approximate surface area is 89.2 Å². The monoisotopic (exact) mass is 180 g/mol. The fourth-order valence-electron chi connectivity index (χ4n) is 0.857. The molecule has 0 aliphatic rings. The molecule has 0 bridgehead atoms. The van der Waals surface area contributed by atoms with Crippen molar-refractivity contribution in [3.8, 4) is 0 Å². The van der Waals surface area contributed by atoms with Gasteiger partial charge in [-0.25, -0.2) is 4.79 Å². The average molecular weight is 180 g/mol. The summed E-state index contributed by atoms with van der Waals surface area (Å²) in [6, 6.07) is -1.83. The molecule has 3 N–H and O–H groups in total. The molecule has 0 aromatic carbocycles. The number of aliphatic carboxylic acids is 1. The van der Waals surface area contributed by atoms with E-state index in [1.54, 1.807) is 0 Å². The summed E-state index contributed by atoms with van der Waals surface area (Å²) in [6.07, 6.45) is 0.325. The number of carboxylic acids is 1. The van der Waals surface area contributed by atoms with Gasteiger partial charge < -0.3 is 21.0 Å². The normalized spacial score (nSPS) is 11.6. The molecule has 5 nitrogen and oxygen atoms in total. The Morgan fingerprint density at radius 2 is 1.92 bits per heavy atom. The van der Waals surface area contributed by atoms with Crippen LogP contribution in [-0.2, 0) is 4.79 Å². The van der Waals surface area contributed by atoms with Crippen LogP contribution in [0.4, 0.5) is 4.79 Å². The second-order valence-electron chi connectivity index (χ2n) is 3.01. The van der Waals surface area contributed by atoms with E-state index in [0.717, 1.165) is 0 Å². The SMILES string of the molecule is CC(C)C[C@H](NC(N)=O)C(=O)[O-].[Li+]. The van der Waals surface area contributed by atoms with Crippen molar-refractivity contribution in [2.24, 2.45) is 11.7 Å². The molecule has 0 radical (unpaired) electrons. The van der Waals surface area contributed by atoms with Gasteiger partial charge in [0.2, 0.25) is 0 Å². The van der Waals surface area contributed by atoms with Gasteiger partial charge in [-0.3, -0.25) is 0 Å². The van der Waals surface area contributed by atoms with E-state index in [1.807, 2.05) is 13.8 Å². The number of amides is 2. The fourth-order valence-corrected chi connectivity index (χ4v) is 0.857. The number of nitrogens with two attached hydrogens (primary N) is 1. The van der Waals surface area contributed by atoms with Crippen molar-refractivity contribution in [1.82, 2.24) is 5.32 Å². The molecule has 1 atom stereocenters. The maximum absolute atomic E-state index is 10.4. The third-order valence-corrected chi connectivity index (χ3v) is 1.31. The number of hydrogen-bond acceptors (Lipinski definition) is 3. The van der Waals surface area contributed by atoms with E-state index in [-0.39, 0.29) is 24.8 Å². The first-order valence-electron chi connectivity index (χ1n) is 3.70. The van der Waals surface area contributed by atoms with E-state index >= 15 is 0 Å². The molecule has 13 heavy (non-hydrogen) atoms. The van der Waals surface area contributed by atoms with E-state index in [0.29, 0.717) is 6.42 Å². The third kappa shape index (κ3) is 7.69. The van der Waals surface area contributed by atoms with Gasteiger partial charge in [-0.05, 0) is 12.3 Å². The van der Waals surface area contributed by atoms with E-state index in [2.05, 4.69) is 5.32 Å². The van der Waals surface area contributed by atoms with Gasteiger partial charge in [-0.1, -0.05) is 13.8 Å².